The molecule has 15 aromatic carbocycles. The lowest BCUT2D eigenvalue weighted by atomic mass is 9.87. The summed E-state index contributed by atoms with van der Waals surface area (Å²) in [4.78, 5) is 20.6. The molecule has 0 spiro atoms. The third-order valence-corrected chi connectivity index (χ3v) is 30.6. The lowest BCUT2D eigenvalue weighted by Crippen LogP contribution is -2.12. The molecule has 0 atom stereocenters. The Bertz CT molecular complexity index is 4950. The normalized spacial score (nSPS) is 11.3. The van der Waals surface area contributed by atoms with Gasteiger partial charge in [-0.15, -0.1) is 0 Å². The molecule has 0 radical (unpaired) electrons. The highest BCUT2D eigenvalue weighted by molar-refractivity contribution is 7.98. The minimum Gasteiger partial charge on any atom is -0.0619 e. The van der Waals surface area contributed by atoms with E-state index in [0.717, 1.165) is 6.42 Å². The molecule has 568 valence electrons. The van der Waals surface area contributed by atoms with Crippen molar-refractivity contribution in [2.24, 2.45) is 0 Å². The molecule has 0 aromatic heterocycles. The smallest absolute Gasteiger partial charge is 0.0619 e. The van der Waals surface area contributed by atoms with E-state index in [2.05, 4.69) is 497 Å². The van der Waals surface area contributed by atoms with Gasteiger partial charge >= 0.3 is 0 Å². The van der Waals surface area contributed by atoms with Gasteiger partial charge in [0.25, 0.3) is 0 Å². The summed E-state index contributed by atoms with van der Waals surface area (Å²) < 4.78 is 0. The lowest BCUT2D eigenvalue weighted by Gasteiger charge is -2.20. The zero-order valence-electron chi connectivity index (χ0n) is 68.4. The maximum atomic E-state index is 2.31. The molecule has 0 fully saturated rings. The molecule has 5 heteroatoms. The molecular formula is C108H111S5+5. The number of aryl methyl sites for hydroxylation is 6. The number of benzene rings is 15. The van der Waals surface area contributed by atoms with Gasteiger partial charge in [0, 0.05) is 0 Å². The second-order valence-corrected chi connectivity index (χ2v) is 40.9. The van der Waals surface area contributed by atoms with Gasteiger partial charge in [-0.1, -0.05) is 309 Å². The predicted octanol–water partition coefficient (Wildman–Crippen LogP) is 29.7. The van der Waals surface area contributed by atoms with E-state index in [0.29, 0.717) is 5.92 Å². The third kappa shape index (κ3) is 24.1. The molecule has 0 N–H and O–H groups in total. The van der Waals surface area contributed by atoms with Crippen LogP contribution in [0, 0.1) is 34.6 Å². The zero-order valence-corrected chi connectivity index (χ0v) is 72.5. The Morgan fingerprint density at radius 2 is 0.345 bits per heavy atom. The van der Waals surface area contributed by atoms with Gasteiger partial charge in [0.05, 0.1) is 54.5 Å². The minimum absolute atomic E-state index is 0.0249. The first-order valence-corrected chi connectivity index (χ1v) is 45.5. The van der Waals surface area contributed by atoms with E-state index in [9.17, 15) is 0 Å². The van der Waals surface area contributed by atoms with Crippen LogP contribution in [0.1, 0.15) is 118 Å². The van der Waals surface area contributed by atoms with Crippen LogP contribution < -0.4 is 0 Å². The monoisotopic (exact) mass is 1570 g/mol. The van der Waals surface area contributed by atoms with Crippen molar-refractivity contribution < 1.29 is 0 Å². The van der Waals surface area contributed by atoms with Gasteiger partial charge in [-0.3, -0.25) is 0 Å². The van der Waals surface area contributed by atoms with E-state index in [-0.39, 0.29) is 65.3 Å². The Kier molecular flexibility index (Phi) is 30.6. The second-order valence-electron chi connectivity index (χ2n) is 30.7. The van der Waals surface area contributed by atoms with Crippen molar-refractivity contribution in [3.8, 4) is 0 Å². The van der Waals surface area contributed by atoms with Crippen LogP contribution in [0.25, 0.3) is 0 Å². The van der Waals surface area contributed by atoms with Crippen molar-refractivity contribution in [2.75, 3.05) is 0 Å². The SMILES string of the molecule is CC(C)(C)c1ccc([S+](c2ccccc2)c2ccc(C(C)(C)C)cc2)cc1.CC(C)c1ccc([S+](c2ccccc2)c2ccccc2)cc1.CCc1ccc([S+](c2ccccc2)c2ccccc2)cc1.Cc1ccc([S+](c2ccc(C)cc2)c2ccc(C)cc2)cc1.Cc1ccc([S+](c2ccccc2)c2ccc(C)cc2)cc1. The fraction of sp³-hybridized carbons (Fsp3) is 0.167. The molecule has 15 aromatic rings. The summed E-state index contributed by atoms with van der Waals surface area (Å²) in [6.07, 6.45) is 1.09. The molecule has 0 saturated heterocycles. The summed E-state index contributed by atoms with van der Waals surface area (Å²) in [5.74, 6) is 0.573. The summed E-state index contributed by atoms with van der Waals surface area (Å²) >= 11 is 0. The summed E-state index contributed by atoms with van der Waals surface area (Å²) in [5.41, 5.74) is 12.4. The topological polar surface area (TPSA) is 0 Å². The fourth-order valence-corrected chi connectivity index (χ4v) is 23.1. The predicted molar refractivity (Wildman–Crippen MR) is 492 cm³/mol. The maximum Gasteiger partial charge on any atom is 0.166 e. The van der Waals surface area contributed by atoms with Crippen molar-refractivity contribution in [3.05, 3.63) is 450 Å². The molecule has 0 unspecified atom stereocenters. The van der Waals surface area contributed by atoms with Crippen LogP contribution in [0.15, 0.2) is 474 Å². The van der Waals surface area contributed by atoms with Crippen molar-refractivity contribution in [2.45, 2.75) is 194 Å². The van der Waals surface area contributed by atoms with Crippen LogP contribution in [-0.2, 0) is 71.7 Å². The average Bonchev–Trinajstić information content (AvgIpc) is 0.854. The Labute approximate surface area is 692 Å². The lowest BCUT2D eigenvalue weighted by molar-refractivity contribution is 0.589. The van der Waals surface area contributed by atoms with E-state index in [1.54, 1.807) is 0 Å². The van der Waals surface area contributed by atoms with Crippen LogP contribution in [-0.4, -0.2) is 0 Å². The minimum atomic E-state index is -0.0847. The molecule has 0 aliphatic carbocycles. The van der Waals surface area contributed by atoms with Gasteiger partial charge in [-0.05, 0) is 262 Å². The van der Waals surface area contributed by atoms with Crippen LogP contribution in [0.4, 0.5) is 0 Å². The number of hydrogen-bond donors (Lipinski definition) is 0. The highest BCUT2D eigenvalue weighted by Crippen LogP contribution is 2.38. The number of hydrogen-bond acceptors (Lipinski definition) is 0. The first-order valence-electron chi connectivity index (χ1n) is 39.4. The van der Waals surface area contributed by atoms with Crippen LogP contribution in [0.2, 0.25) is 0 Å². The average molecular weight is 1570 g/mol. The van der Waals surface area contributed by atoms with Crippen LogP contribution in [0.5, 0.6) is 0 Å². The van der Waals surface area contributed by atoms with Crippen molar-refractivity contribution in [1.29, 1.82) is 0 Å². The van der Waals surface area contributed by atoms with Gasteiger partial charge in [0.2, 0.25) is 0 Å². The molecule has 113 heavy (non-hydrogen) atoms. The number of rotatable bonds is 17. The third-order valence-electron chi connectivity index (χ3n) is 19.4. The second kappa shape index (κ2) is 41.2. The van der Waals surface area contributed by atoms with E-state index in [1.807, 2.05) is 0 Å². The molecule has 0 saturated carbocycles. The van der Waals surface area contributed by atoms with Crippen LogP contribution >= 0.6 is 0 Å². The van der Waals surface area contributed by atoms with E-state index in [1.165, 1.54) is 124 Å². The molecule has 0 nitrogen and oxygen atoms in total. The highest BCUT2D eigenvalue weighted by atomic mass is 32.2. The van der Waals surface area contributed by atoms with Gasteiger partial charge in [-0.25, -0.2) is 0 Å². The summed E-state index contributed by atoms with van der Waals surface area (Å²) in [6.45, 7) is 31.0. The van der Waals surface area contributed by atoms with Crippen LogP contribution in [0.3, 0.4) is 0 Å². The summed E-state index contributed by atoms with van der Waals surface area (Å²) in [6, 6.07) is 146. The van der Waals surface area contributed by atoms with E-state index >= 15 is 0 Å². The highest BCUT2D eigenvalue weighted by Gasteiger charge is 2.34. The molecule has 0 aliphatic rings. The first-order chi connectivity index (χ1) is 54.7. The molecule has 0 bridgehead atoms. The zero-order chi connectivity index (χ0) is 79.7. The quantitative estimate of drug-likeness (QED) is 0.0797. The summed E-state index contributed by atoms with van der Waals surface area (Å²) in [7, 11) is -0.216. The van der Waals surface area contributed by atoms with Crippen molar-refractivity contribution in [1.82, 2.24) is 0 Å². The Morgan fingerprint density at radius 1 is 0.195 bits per heavy atom. The van der Waals surface area contributed by atoms with Gasteiger partial charge < -0.3 is 0 Å². The Hall–Kier alpha value is -9.95. The van der Waals surface area contributed by atoms with Gasteiger partial charge in [-0.2, -0.15) is 0 Å². The molecule has 0 aliphatic heterocycles. The van der Waals surface area contributed by atoms with Gasteiger partial charge in [0.1, 0.15) is 0 Å². The molecule has 0 amide bonds. The maximum absolute atomic E-state index is 2.31. The molecule has 15 rings (SSSR count). The largest absolute Gasteiger partial charge is 0.166 e. The Balaban J connectivity index is 0.000000140. The Morgan fingerprint density at radius 3 is 0.504 bits per heavy atom. The molecule has 0 heterocycles. The summed E-state index contributed by atoms with van der Waals surface area (Å²) in [5, 5.41) is 0. The molecular weight excluding hydrogens is 1460 g/mol. The van der Waals surface area contributed by atoms with E-state index in [4.69, 9.17) is 0 Å². The fourth-order valence-electron chi connectivity index (χ4n) is 12.8. The van der Waals surface area contributed by atoms with Gasteiger partial charge in [0.15, 0.2) is 73.4 Å². The standard InChI is InChI=1S/C26H31S.2C21H21S.2C20H19S/c1-25(2,3)20-12-16-23(17-13-20)27(22-10-8-7-9-11-22)24-18-14-21(15-19-24)26(4,5)6;1-16-4-10-19(11-5-16)22(20-12-6-17(2)7-13-20)21-14-8-18(3)9-15-21;1-17(2)18-13-15-21(16-14-18)22(19-9-5-3-6-10-19)20-11-7-4-8-12-20;1-16-8-12-19(13-9-16)21(18-6-4-3-5-7-18)20-14-10-17(2)11-15-20;1-2-17-13-15-20(16-14-17)21(18-9-5-3-6-10-18)19-11-7-4-8-12-19/h7-19H,1-6H3;4-15H,1-3H3;3-17H,1-2H3;3-15H,1-2H3;3-16H,2H2,1H3/q5*+1. The van der Waals surface area contributed by atoms with Crippen molar-refractivity contribution >= 4 is 54.5 Å². The van der Waals surface area contributed by atoms with Crippen molar-refractivity contribution in [3.63, 3.8) is 0 Å². The first kappa shape index (κ1) is 84.0. The van der Waals surface area contributed by atoms with E-state index < -0.39 is 0 Å².